The Morgan fingerprint density at radius 3 is 2.30 bits per heavy atom. The van der Waals surface area contributed by atoms with Gasteiger partial charge in [0.05, 0.1) is 25.8 Å². The topological polar surface area (TPSA) is 79.3 Å². The molecule has 1 saturated heterocycles. The van der Waals surface area contributed by atoms with E-state index < -0.39 is 17.7 Å². The average Bonchev–Trinajstić information content (AvgIpc) is 3.02. The number of likely N-dealkylation sites (N-methyl/N-ethyl adjacent to an activating group) is 1. The molecule has 0 unspecified atom stereocenters. The number of aliphatic hydroxyl groups excluding tert-OH is 1. The summed E-state index contributed by atoms with van der Waals surface area (Å²) in [5.74, 6) is -0.303. The lowest BCUT2D eigenvalue weighted by Crippen LogP contribution is -2.35. The Labute approximate surface area is 176 Å². The fraction of sp³-hybridized carbons (Fsp3) is 0.304. The van der Waals surface area contributed by atoms with Crippen LogP contribution in [0, 0.1) is 0 Å². The van der Waals surface area contributed by atoms with Crippen LogP contribution in [-0.4, -0.2) is 68.0 Å². The number of benzene rings is 2. The number of likely N-dealkylation sites (tertiary alicyclic amines) is 1. The molecule has 2 aromatic rings. The van der Waals surface area contributed by atoms with Crippen LogP contribution in [0.15, 0.2) is 54.1 Å². The Balaban J connectivity index is 2.13. The van der Waals surface area contributed by atoms with E-state index in [9.17, 15) is 14.7 Å². The molecule has 1 heterocycles. The monoisotopic (exact) mass is 410 g/mol. The van der Waals surface area contributed by atoms with Crippen LogP contribution in [0.4, 0.5) is 0 Å². The molecule has 30 heavy (non-hydrogen) atoms. The maximum absolute atomic E-state index is 13.0. The summed E-state index contributed by atoms with van der Waals surface area (Å²) in [5, 5.41) is 11.0. The zero-order valence-corrected chi connectivity index (χ0v) is 17.6. The molecule has 3 rings (SSSR count). The fourth-order valence-corrected chi connectivity index (χ4v) is 3.48. The Hall–Kier alpha value is -3.32. The molecule has 0 aromatic heterocycles. The van der Waals surface area contributed by atoms with E-state index in [1.165, 1.54) is 4.90 Å². The first-order valence-electron chi connectivity index (χ1n) is 9.59. The largest absolute Gasteiger partial charge is 0.507 e. The minimum absolute atomic E-state index is 0.0668. The summed E-state index contributed by atoms with van der Waals surface area (Å²) in [6.45, 7) is 0.926. The summed E-state index contributed by atoms with van der Waals surface area (Å²) < 4.78 is 10.5. The number of rotatable bonds is 7. The number of Topliss-reactive ketones (excluding diaryl/α,β-unsaturated/α-hetero) is 1. The quantitative estimate of drug-likeness (QED) is 0.430. The normalized spacial score (nSPS) is 18.2. The van der Waals surface area contributed by atoms with Crippen LogP contribution >= 0.6 is 0 Å². The highest BCUT2D eigenvalue weighted by molar-refractivity contribution is 6.46. The van der Waals surface area contributed by atoms with Crippen LogP contribution in [-0.2, 0) is 9.59 Å². The highest BCUT2D eigenvalue weighted by atomic mass is 16.5. The van der Waals surface area contributed by atoms with Crippen LogP contribution in [0.2, 0.25) is 0 Å². The van der Waals surface area contributed by atoms with Crippen LogP contribution in [0.25, 0.3) is 5.76 Å². The van der Waals surface area contributed by atoms with Gasteiger partial charge in [-0.25, -0.2) is 0 Å². The van der Waals surface area contributed by atoms with Gasteiger partial charge in [-0.3, -0.25) is 9.59 Å². The molecule has 0 spiro atoms. The lowest BCUT2D eigenvalue weighted by molar-refractivity contribution is -0.140. The van der Waals surface area contributed by atoms with Gasteiger partial charge in [-0.2, -0.15) is 0 Å². The van der Waals surface area contributed by atoms with Crippen molar-refractivity contribution < 1.29 is 24.2 Å². The van der Waals surface area contributed by atoms with Gasteiger partial charge in [0, 0.05) is 18.7 Å². The third-order valence-electron chi connectivity index (χ3n) is 5.10. The van der Waals surface area contributed by atoms with Crippen LogP contribution in [0.1, 0.15) is 17.2 Å². The Morgan fingerprint density at radius 2 is 1.70 bits per heavy atom. The van der Waals surface area contributed by atoms with Crippen molar-refractivity contribution in [2.45, 2.75) is 6.04 Å². The van der Waals surface area contributed by atoms with Crippen LogP contribution in [0.5, 0.6) is 11.5 Å². The van der Waals surface area contributed by atoms with E-state index in [0.29, 0.717) is 35.7 Å². The number of methoxy groups -OCH3 is 2. The summed E-state index contributed by atoms with van der Waals surface area (Å²) >= 11 is 0. The number of carbonyl (C=O) groups is 2. The number of amides is 1. The molecule has 1 fully saturated rings. The van der Waals surface area contributed by atoms with E-state index in [4.69, 9.17) is 9.47 Å². The maximum atomic E-state index is 13.0. The van der Waals surface area contributed by atoms with Gasteiger partial charge in [0.1, 0.15) is 17.3 Å². The van der Waals surface area contributed by atoms with Gasteiger partial charge in [-0.05, 0) is 56.1 Å². The molecule has 7 heteroatoms. The van der Waals surface area contributed by atoms with E-state index >= 15 is 0 Å². The number of carbonyl (C=O) groups excluding carboxylic acids is 2. The zero-order valence-electron chi connectivity index (χ0n) is 17.6. The minimum atomic E-state index is -0.706. The molecular weight excluding hydrogens is 384 g/mol. The van der Waals surface area contributed by atoms with Gasteiger partial charge in [0.25, 0.3) is 11.7 Å². The standard InChI is InChI=1S/C23H26N2O5/c1-24(2)12-13-25-20(16-6-5-7-18(14-16)30-4)19(22(27)23(25)28)21(26)15-8-10-17(29-3)11-9-15/h5-11,14,20,26H,12-13H2,1-4H3/t20-/m1/s1. The first kappa shape index (κ1) is 21.4. The van der Waals surface area contributed by atoms with Crippen molar-refractivity contribution in [3.8, 4) is 11.5 Å². The summed E-state index contributed by atoms with van der Waals surface area (Å²) in [6, 6.07) is 13.2. The predicted molar refractivity (Wildman–Crippen MR) is 114 cm³/mol. The van der Waals surface area contributed by atoms with Crippen LogP contribution < -0.4 is 9.47 Å². The van der Waals surface area contributed by atoms with Gasteiger partial charge >= 0.3 is 0 Å². The maximum Gasteiger partial charge on any atom is 0.295 e. The van der Waals surface area contributed by atoms with E-state index in [1.54, 1.807) is 56.7 Å². The summed E-state index contributed by atoms with van der Waals surface area (Å²) in [5.41, 5.74) is 1.20. The van der Waals surface area contributed by atoms with Gasteiger partial charge < -0.3 is 24.4 Å². The average molecular weight is 410 g/mol. The number of ketones is 1. The lowest BCUT2D eigenvalue weighted by atomic mass is 9.95. The van der Waals surface area contributed by atoms with E-state index in [1.807, 2.05) is 25.1 Å². The number of nitrogens with zero attached hydrogens (tertiary/aromatic N) is 2. The molecule has 0 bridgehead atoms. The lowest BCUT2D eigenvalue weighted by Gasteiger charge is -2.26. The summed E-state index contributed by atoms with van der Waals surface area (Å²) in [6.07, 6.45) is 0. The van der Waals surface area contributed by atoms with Gasteiger partial charge in [-0.1, -0.05) is 12.1 Å². The van der Waals surface area contributed by atoms with Gasteiger partial charge in [-0.15, -0.1) is 0 Å². The van der Waals surface area contributed by atoms with Crippen molar-refractivity contribution in [2.75, 3.05) is 41.4 Å². The third-order valence-corrected chi connectivity index (χ3v) is 5.10. The first-order chi connectivity index (χ1) is 14.4. The number of hydrogen-bond acceptors (Lipinski definition) is 6. The molecule has 1 aliphatic rings. The summed E-state index contributed by atoms with van der Waals surface area (Å²) in [4.78, 5) is 29.3. The Bertz CT molecular complexity index is 966. The predicted octanol–water partition coefficient (Wildman–Crippen LogP) is 2.69. The molecule has 1 N–H and O–H groups in total. The van der Waals surface area contributed by atoms with Crippen molar-refractivity contribution in [1.29, 1.82) is 0 Å². The second-order valence-electron chi connectivity index (χ2n) is 7.30. The number of aliphatic hydroxyl groups is 1. The van der Waals surface area contributed by atoms with Crippen molar-refractivity contribution in [2.24, 2.45) is 0 Å². The Morgan fingerprint density at radius 1 is 1.03 bits per heavy atom. The molecule has 7 nitrogen and oxygen atoms in total. The Kier molecular flexibility index (Phi) is 6.42. The van der Waals surface area contributed by atoms with E-state index in [0.717, 1.165) is 0 Å². The third kappa shape index (κ3) is 4.16. The van der Waals surface area contributed by atoms with Gasteiger partial charge in [0.2, 0.25) is 0 Å². The molecule has 2 aromatic carbocycles. The smallest absolute Gasteiger partial charge is 0.295 e. The van der Waals surface area contributed by atoms with Crippen molar-refractivity contribution in [3.63, 3.8) is 0 Å². The van der Waals surface area contributed by atoms with Crippen molar-refractivity contribution >= 4 is 17.4 Å². The molecule has 0 aliphatic carbocycles. The molecule has 1 aliphatic heterocycles. The second kappa shape index (κ2) is 9.00. The number of ether oxygens (including phenoxy) is 2. The summed E-state index contributed by atoms with van der Waals surface area (Å²) in [7, 11) is 6.90. The SMILES string of the molecule is COc1ccc(C(O)=C2C(=O)C(=O)N(CCN(C)C)[C@@H]2c2cccc(OC)c2)cc1. The van der Waals surface area contributed by atoms with Crippen molar-refractivity contribution in [1.82, 2.24) is 9.80 Å². The zero-order chi connectivity index (χ0) is 21.8. The molecule has 158 valence electrons. The fourth-order valence-electron chi connectivity index (χ4n) is 3.48. The highest BCUT2D eigenvalue weighted by Gasteiger charge is 2.46. The molecule has 1 atom stereocenters. The molecule has 0 radical (unpaired) electrons. The minimum Gasteiger partial charge on any atom is -0.507 e. The first-order valence-corrected chi connectivity index (χ1v) is 9.59. The number of hydrogen-bond donors (Lipinski definition) is 1. The highest BCUT2D eigenvalue weighted by Crippen LogP contribution is 2.40. The second-order valence-corrected chi connectivity index (χ2v) is 7.30. The molecule has 0 saturated carbocycles. The molecular formula is C23H26N2O5. The van der Waals surface area contributed by atoms with Crippen molar-refractivity contribution in [3.05, 3.63) is 65.2 Å². The van der Waals surface area contributed by atoms with Crippen LogP contribution in [0.3, 0.4) is 0 Å². The van der Waals surface area contributed by atoms with Gasteiger partial charge in [0.15, 0.2) is 0 Å². The molecule has 1 amide bonds. The van der Waals surface area contributed by atoms with E-state index in [-0.39, 0.29) is 11.3 Å². The van der Waals surface area contributed by atoms with E-state index in [2.05, 4.69) is 0 Å².